The maximum atomic E-state index is 11.6. The van der Waals surface area contributed by atoms with Gasteiger partial charge in [0.25, 0.3) is 5.69 Å². The van der Waals surface area contributed by atoms with E-state index >= 15 is 0 Å². The van der Waals surface area contributed by atoms with Crippen LogP contribution in [0.15, 0.2) is 30.6 Å². The second-order valence-electron chi connectivity index (χ2n) is 4.01. The van der Waals surface area contributed by atoms with Gasteiger partial charge in [0.2, 0.25) is 0 Å². The highest BCUT2D eigenvalue weighted by Gasteiger charge is 2.15. The molecule has 2 aromatic rings. The molecule has 0 unspecified atom stereocenters. The standard InChI is InChI=1S/C13H11N3O5/c1-2-21-13(18)10-6-14-15(7-10)12-4-3-11(16(19)20)5-9(12)8-17/h3-8H,2H2,1H3. The topological polar surface area (TPSA) is 104 Å². The minimum Gasteiger partial charge on any atom is -0.462 e. The van der Waals surface area contributed by atoms with Crippen LogP contribution in [0.2, 0.25) is 0 Å². The van der Waals surface area contributed by atoms with Crippen LogP contribution >= 0.6 is 0 Å². The number of carbonyl (C=O) groups excluding carboxylic acids is 2. The van der Waals surface area contributed by atoms with Crippen LogP contribution in [0.5, 0.6) is 0 Å². The summed E-state index contributed by atoms with van der Waals surface area (Å²) in [4.78, 5) is 32.7. The van der Waals surface area contributed by atoms with Crippen molar-refractivity contribution in [1.29, 1.82) is 0 Å². The molecule has 8 heteroatoms. The molecule has 0 spiro atoms. The fourth-order valence-corrected chi connectivity index (χ4v) is 1.73. The molecule has 0 bridgehead atoms. The molecule has 108 valence electrons. The van der Waals surface area contributed by atoms with E-state index in [1.54, 1.807) is 6.92 Å². The Kier molecular flexibility index (Phi) is 4.07. The van der Waals surface area contributed by atoms with Crippen LogP contribution in [-0.2, 0) is 4.74 Å². The molecule has 0 atom stereocenters. The molecule has 0 aliphatic carbocycles. The van der Waals surface area contributed by atoms with E-state index in [-0.39, 0.29) is 23.4 Å². The fraction of sp³-hybridized carbons (Fsp3) is 0.154. The number of benzene rings is 1. The number of nitro benzene ring substituents is 1. The minimum absolute atomic E-state index is 0.0997. The van der Waals surface area contributed by atoms with Gasteiger partial charge in [0, 0.05) is 23.9 Å². The zero-order valence-corrected chi connectivity index (χ0v) is 11.1. The molecule has 0 saturated heterocycles. The second kappa shape index (κ2) is 5.95. The van der Waals surface area contributed by atoms with Crippen LogP contribution in [0.25, 0.3) is 5.69 Å². The maximum Gasteiger partial charge on any atom is 0.341 e. The normalized spacial score (nSPS) is 10.1. The lowest BCUT2D eigenvalue weighted by Crippen LogP contribution is -2.04. The summed E-state index contributed by atoms with van der Waals surface area (Å²) >= 11 is 0. The number of carbonyl (C=O) groups is 2. The molecule has 21 heavy (non-hydrogen) atoms. The Morgan fingerprint density at radius 2 is 2.29 bits per heavy atom. The van der Waals surface area contributed by atoms with Crippen molar-refractivity contribution in [2.75, 3.05) is 6.61 Å². The van der Waals surface area contributed by atoms with Gasteiger partial charge in [0.15, 0.2) is 6.29 Å². The van der Waals surface area contributed by atoms with Crippen molar-refractivity contribution in [1.82, 2.24) is 9.78 Å². The van der Waals surface area contributed by atoms with Crippen LogP contribution < -0.4 is 0 Å². The average molecular weight is 289 g/mol. The first-order valence-corrected chi connectivity index (χ1v) is 6.02. The van der Waals surface area contributed by atoms with E-state index in [0.717, 1.165) is 6.07 Å². The van der Waals surface area contributed by atoms with Gasteiger partial charge in [-0.2, -0.15) is 5.10 Å². The SMILES string of the molecule is CCOC(=O)c1cnn(-c2ccc([N+](=O)[O-])cc2C=O)c1. The van der Waals surface area contributed by atoms with Crippen LogP contribution in [0.1, 0.15) is 27.6 Å². The van der Waals surface area contributed by atoms with Gasteiger partial charge in [-0.05, 0) is 13.0 Å². The van der Waals surface area contributed by atoms with Gasteiger partial charge in [-0.1, -0.05) is 0 Å². The number of aromatic nitrogens is 2. The Hall–Kier alpha value is -3.03. The minimum atomic E-state index is -0.593. The molecule has 0 saturated carbocycles. The number of ether oxygens (including phenoxy) is 1. The van der Waals surface area contributed by atoms with Gasteiger partial charge < -0.3 is 4.74 Å². The summed E-state index contributed by atoms with van der Waals surface area (Å²) in [7, 11) is 0. The number of rotatable bonds is 5. The highest BCUT2D eigenvalue weighted by atomic mass is 16.6. The highest BCUT2D eigenvalue weighted by Crippen LogP contribution is 2.20. The largest absolute Gasteiger partial charge is 0.462 e. The number of esters is 1. The lowest BCUT2D eigenvalue weighted by atomic mass is 10.2. The average Bonchev–Trinajstić information content (AvgIpc) is 2.96. The summed E-state index contributed by atoms with van der Waals surface area (Å²) in [5.41, 5.74) is 0.472. The predicted octanol–water partition coefficient (Wildman–Crippen LogP) is 1.77. The highest BCUT2D eigenvalue weighted by molar-refractivity contribution is 5.89. The Balaban J connectivity index is 2.40. The summed E-state index contributed by atoms with van der Waals surface area (Å²) in [6.45, 7) is 1.92. The predicted molar refractivity (Wildman–Crippen MR) is 71.6 cm³/mol. The first-order valence-electron chi connectivity index (χ1n) is 6.02. The summed E-state index contributed by atoms with van der Waals surface area (Å²) in [6, 6.07) is 3.80. The molecule has 0 aliphatic heterocycles. The molecule has 8 nitrogen and oxygen atoms in total. The summed E-state index contributed by atoms with van der Waals surface area (Å²) < 4.78 is 6.12. The molecule has 0 N–H and O–H groups in total. The van der Waals surface area contributed by atoms with Crippen molar-refractivity contribution >= 4 is 17.9 Å². The van der Waals surface area contributed by atoms with Crippen molar-refractivity contribution in [3.05, 3.63) is 51.8 Å². The number of non-ortho nitro benzene ring substituents is 1. The smallest absolute Gasteiger partial charge is 0.341 e. The summed E-state index contributed by atoms with van der Waals surface area (Å²) in [5, 5.41) is 14.6. The van der Waals surface area contributed by atoms with E-state index in [2.05, 4.69) is 5.10 Å². The van der Waals surface area contributed by atoms with Gasteiger partial charge in [0.05, 0.1) is 29.0 Å². The Morgan fingerprint density at radius 1 is 1.52 bits per heavy atom. The lowest BCUT2D eigenvalue weighted by molar-refractivity contribution is -0.384. The number of hydrogen-bond acceptors (Lipinski definition) is 6. The van der Waals surface area contributed by atoms with E-state index in [1.807, 2.05) is 0 Å². The first-order chi connectivity index (χ1) is 10.1. The van der Waals surface area contributed by atoms with Gasteiger partial charge in [-0.15, -0.1) is 0 Å². The van der Waals surface area contributed by atoms with Gasteiger partial charge in [-0.25, -0.2) is 9.48 Å². The molecule has 0 aliphatic rings. The third-order valence-electron chi connectivity index (χ3n) is 2.69. The molecule has 0 fully saturated rings. The Bertz CT molecular complexity index is 708. The molecule has 0 amide bonds. The second-order valence-corrected chi connectivity index (χ2v) is 4.01. The maximum absolute atomic E-state index is 11.6. The number of aldehydes is 1. The number of nitro groups is 1. The van der Waals surface area contributed by atoms with E-state index < -0.39 is 10.9 Å². The number of hydrogen-bond donors (Lipinski definition) is 0. The van der Waals surface area contributed by atoms with E-state index in [1.165, 1.54) is 29.2 Å². The molecule has 1 aromatic heterocycles. The third kappa shape index (κ3) is 2.94. The molecule has 2 rings (SSSR count). The molecule has 1 heterocycles. The molecular weight excluding hydrogens is 278 g/mol. The quantitative estimate of drug-likeness (QED) is 0.359. The zero-order chi connectivity index (χ0) is 15.4. The van der Waals surface area contributed by atoms with Crippen molar-refractivity contribution in [2.45, 2.75) is 6.92 Å². The van der Waals surface area contributed by atoms with Crippen molar-refractivity contribution in [3.8, 4) is 5.69 Å². The Morgan fingerprint density at radius 3 is 2.90 bits per heavy atom. The van der Waals surface area contributed by atoms with Crippen LogP contribution in [-0.4, -0.2) is 33.6 Å². The van der Waals surface area contributed by atoms with E-state index in [4.69, 9.17) is 4.74 Å². The van der Waals surface area contributed by atoms with E-state index in [0.29, 0.717) is 12.0 Å². The zero-order valence-electron chi connectivity index (χ0n) is 11.1. The molecular formula is C13H11N3O5. The summed E-state index contributed by atoms with van der Waals surface area (Å²) in [5.74, 6) is -0.529. The van der Waals surface area contributed by atoms with Gasteiger partial charge in [0.1, 0.15) is 0 Å². The lowest BCUT2D eigenvalue weighted by Gasteiger charge is -2.04. The van der Waals surface area contributed by atoms with E-state index in [9.17, 15) is 19.7 Å². The molecule has 0 radical (unpaired) electrons. The summed E-state index contributed by atoms with van der Waals surface area (Å²) in [6.07, 6.45) is 3.19. The Labute approximate surface area is 119 Å². The fourth-order valence-electron chi connectivity index (χ4n) is 1.73. The van der Waals surface area contributed by atoms with Crippen LogP contribution in [0.3, 0.4) is 0 Å². The van der Waals surface area contributed by atoms with Crippen LogP contribution in [0, 0.1) is 10.1 Å². The van der Waals surface area contributed by atoms with Crippen molar-refractivity contribution in [3.63, 3.8) is 0 Å². The van der Waals surface area contributed by atoms with Gasteiger partial charge >= 0.3 is 5.97 Å². The first kappa shape index (κ1) is 14.4. The third-order valence-corrected chi connectivity index (χ3v) is 2.69. The van der Waals surface area contributed by atoms with Gasteiger partial charge in [-0.3, -0.25) is 14.9 Å². The van der Waals surface area contributed by atoms with Crippen molar-refractivity contribution in [2.24, 2.45) is 0 Å². The molecule has 1 aromatic carbocycles. The number of nitrogens with zero attached hydrogens (tertiary/aromatic N) is 3. The van der Waals surface area contributed by atoms with Crippen LogP contribution in [0.4, 0.5) is 5.69 Å². The monoisotopic (exact) mass is 289 g/mol. The van der Waals surface area contributed by atoms with Crippen molar-refractivity contribution < 1.29 is 19.2 Å².